The van der Waals surface area contributed by atoms with E-state index in [2.05, 4.69) is 6.58 Å². The molecule has 0 unspecified atom stereocenters. The highest BCUT2D eigenvalue weighted by Crippen LogP contribution is 2.22. The first-order valence-corrected chi connectivity index (χ1v) is 4.86. The number of hydrogen-bond acceptors (Lipinski definition) is 3. The Labute approximate surface area is 98.2 Å². The van der Waals surface area contributed by atoms with Gasteiger partial charge in [-0.05, 0) is 12.1 Å². The zero-order valence-electron chi connectivity index (χ0n) is 9.06. The molecule has 0 atom stereocenters. The molecule has 0 heterocycles. The lowest BCUT2D eigenvalue weighted by Gasteiger charge is -2.22. The van der Waals surface area contributed by atoms with Crippen molar-refractivity contribution in [1.29, 1.82) is 5.26 Å². The summed E-state index contributed by atoms with van der Waals surface area (Å²) in [5.41, 5.74) is 0.102. The van der Waals surface area contributed by atoms with Gasteiger partial charge in [-0.2, -0.15) is 5.26 Å². The second-order valence-corrected chi connectivity index (χ2v) is 3.31. The monoisotopic (exact) mass is 234 g/mol. The minimum atomic E-state index is -1.06. The van der Waals surface area contributed by atoms with Crippen LogP contribution in [0, 0.1) is 17.1 Å². The molecule has 1 aromatic carbocycles. The Kier molecular flexibility index (Phi) is 4.23. The Morgan fingerprint density at radius 1 is 1.65 bits per heavy atom. The number of rotatable bonds is 5. The highest BCUT2D eigenvalue weighted by atomic mass is 19.1. The van der Waals surface area contributed by atoms with Gasteiger partial charge in [-0.1, -0.05) is 12.1 Å². The third kappa shape index (κ3) is 3.05. The van der Waals surface area contributed by atoms with Gasteiger partial charge in [0.25, 0.3) is 0 Å². The third-order valence-corrected chi connectivity index (χ3v) is 2.12. The first-order chi connectivity index (χ1) is 8.10. The second-order valence-electron chi connectivity index (χ2n) is 3.31. The van der Waals surface area contributed by atoms with Gasteiger partial charge in [0.2, 0.25) is 0 Å². The van der Waals surface area contributed by atoms with Crippen molar-refractivity contribution in [3.05, 3.63) is 42.2 Å². The van der Waals surface area contributed by atoms with E-state index < -0.39 is 11.8 Å². The van der Waals surface area contributed by atoms with Crippen molar-refractivity contribution in [2.24, 2.45) is 0 Å². The predicted molar refractivity (Wildman–Crippen MR) is 61.2 cm³/mol. The molecule has 5 heteroatoms. The SMILES string of the molecule is C=CCN(CC(=O)O)c1cccc(F)c1C#N. The number of carboxylic acids is 1. The number of halogens is 1. The number of nitriles is 1. The van der Waals surface area contributed by atoms with Gasteiger partial charge in [0.1, 0.15) is 24.0 Å². The van der Waals surface area contributed by atoms with Crippen molar-refractivity contribution in [2.75, 3.05) is 18.0 Å². The second kappa shape index (κ2) is 5.66. The zero-order valence-corrected chi connectivity index (χ0v) is 9.06. The fourth-order valence-electron chi connectivity index (χ4n) is 1.45. The van der Waals surface area contributed by atoms with Crippen molar-refractivity contribution in [1.82, 2.24) is 0 Å². The van der Waals surface area contributed by atoms with Crippen LogP contribution in [0.2, 0.25) is 0 Å². The van der Waals surface area contributed by atoms with E-state index in [1.807, 2.05) is 0 Å². The average molecular weight is 234 g/mol. The number of carbonyl (C=O) groups is 1. The van der Waals surface area contributed by atoms with E-state index >= 15 is 0 Å². The molecular formula is C12H11FN2O2. The summed E-state index contributed by atoms with van der Waals surface area (Å²) in [6, 6.07) is 5.84. The van der Waals surface area contributed by atoms with Gasteiger partial charge in [0, 0.05) is 6.54 Å². The maximum Gasteiger partial charge on any atom is 0.323 e. The molecule has 0 amide bonds. The van der Waals surface area contributed by atoms with E-state index in [9.17, 15) is 9.18 Å². The Morgan fingerprint density at radius 3 is 2.88 bits per heavy atom. The Bertz CT molecular complexity index is 480. The van der Waals surface area contributed by atoms with Gasteiger partial charge >= 0.3 is 5.97 Å². The smallest absolute Gasteiger partial charge is 0.323 e. The zero-order chi connectivity index (χ0) is 12.8. The van der Waals surface area contributed by atoms with Gasteiger partial charge in [0.05, 0.1) is 5.69 Å². The van der Waals surface area contributed by atoms with Crippen LogP contribution in [0.5, 0.6) is 0 Å². The largest absolute Gasteiger partial charge is 0.480 e. The molecule has 0 aliphatic heterocycles. The molecule has 17 heavy (non-hydrogen) atoms. The van der Waals surface area contributed by atoms with Gasteiger partial charge in [-0.15, -0.1) is 6.58 Å². The molecule has 4 nitrogen and oxygen atoms in total. The Balaban J connectivity index is 3.18. The summed E-state index contributed by atoms with van der Waals surface area (Å²) in [6.45, 7) is 3.41. The van der Waals surface area contributed by atoms with Crippen molar-refractivity contribution in [3.8, 4) is 6.07 Å². The molecule has 0 aromatic heterocycles. The first-order valence-electron chi connectivity index (χ1n) is 4.86. The molecule has 0 bridgehead atoms. The van der Waals surface area contributed by atoms with Gasteiger partial charge in [0.15, 0.2) is 0 Å². The van der Waals surface area contributed by atoms with Gasteiger partial charge < -0.3 is 10.0 Å². The summed E-state index contributed by atoms with van der Waals surface area (Å²) in [4.78, 5) is 12.1. The summed E-state index contributed by atoms with van der Waals surface area (Å²) < 4.78 is 13.4. The number of benzene rings is 1. The van der Waals surface area contributed by atoms with E-state index in [4.69, 9.17) is 10.4 Å². The van der Waals surface area contributed by atoms with E-state index in [1.165, 1.54) is 23.1 Å². The van der Waals surface area contributed by atoms with Gasteiger partial charge in [-0.3, -0.25) is 4.79 Å². The predicted octanol–water partition coefficient (Wildman–Crippen LogP) is 1.77. The number of hydrogen-bond donors (Lipinski definition) is 1. The molecule has 88 valence electrons. The van der Waals surface area contributed by atoms with E-state index in [1.54, 1.807) is 6.07 Å². The molecule has 1 rings (SSSR count). The van der Waals surface area contributed by atoms with Crippen molar-refractivity contribution < 1.29 is 14.3 Å². The molecule has 0 spiro atoms. The molecule has 0 saturated heterocycles. The maximum atomic E-state index is 13.4. The molecular weight excluding hydrogens is 223 g/mol. The summed E-state index contributed by atoms with van der Waals surface area (Å²) >= 11 is 0. The highest BCUT2D eigenvalue weighted by Gasteiger charge is 2.15. The number of nitrogens with zero attached hydrogens (tertiary/aromatic N) is 2. The molecule has 0 fully saturated rings. The minimum absolute atomic E-state index is 0.157. The molecule has 0 saturated carbocycles. The lowest BCUT2D eigenvalue weighted by Crippen LogP contribution is -2.30. The quantitative estimate of drug-likeness (QED) is 0.788. The highest BCUT2D eigenvalue weighted by molar-refractivity contribution is 5.75. The normalized spacial score (nSPS) is 9.41. The molecule has 0 aliphatic carbocycles. The summed E-state index contributed by atoms with van der Waals surface area (Å²) in [7, 11) is 0. The van der Waals surface area contributed by atoms with Crippen LogP contribution < -0.4 is 4.90 Å². The minimum Gasteiger partial charge on any atom is -0.480 e. The van der Waals surface area contributed by atoms with Crippen LogP contribution in [0.15, 0.2) is 30.9 Å². The topological polar surface area (TPSA) is 64.3 Å². The Hall–Kier alpha value is -2.35. The molecule has 0 aliphatic rings. The number of anilines is 1. The molecule has 1 aromatic rings. The third-order valence-electron chi connectivity index (χ3n) is 2.12. The fraction of sp³-hybridized carbons (Fsp3) is 0.167. The summed E-state index contributed by atoms with van der Waals surface area (Å²) in [5.74, 6) is -1.72. The van der Waals surface area contributed by atoms with Crippen molar-refractivity contribution in [2.45, 2.75) is 0 Å². The first kappa shape index (κ1) is 12.7. The van der Waals surface area contributed by atoms with Crippen LogP contribution in [0.25, 0.3) is 0 Å². The lowest BCUT2D eigenvalue weighted by molar-refractivity contribution is -0.135. The summed E-state index contributed by atoms with van der Waals surface area (Å²) in [5, 5.41) is 17.6. The standard InChI is InChI=1S/C12H11FN2O2/c1-2-6-15(8-12(16)17)11-5-3-4-10(13)9(11)7-14/h2-5H,1,6,8H2,(H,16,17). The van der Waals surface area contributed by atoms with Crippen LogP contribution in [0.3, 0.4) is 0 Å². The van der Waals surface area contributed by atoms with Crippen LogP contribution in [0.1, 0.15) is 5.56 Å². The van der Waals surface area contributed by atoms with Crippen LogP contribution >= 0.6 is 0 Å². The van der Waals surface area contributed by atoms with E-state index in [0.717, 1.165) is 6.07 Å². The number of aliphatic carboxylic acids is 1. The van der Waals surface area contributed by atoms with E-state index in [0.29, 0.717) is 0 Å². The Morgan fingerprint density at radius 2 is 2.35 bits per heavy atom. The number of carboxylic acid groups (broad SMARTS) is 1. The van der Waals surface area contributed by atoms with Gasteiger partial charge in [-0.25, -0.2) is 4.39 Å². The van der Waals surface area contributed by atoms with E-state index in [-0.39, 0.29) is 24.3 Å². The summed E-state index contributed by atoms with van der Waals surface area (Å²) in [6.07, 6.45) is 1.50. The van der Waals surface area contributed by atoms with Crippen LogP contribution in [0.4, 0.5) is 10.1 Å². The van der Waals surface area contributed by atoms with Crippen molar-refractivity contribution >= 4 is 11.7 Å². The molecule has 0 radical (unpaired) electrons. The lowest BCUT2D eigenvalue weighted by atomic mass is 10.1. The maximum absolute atomic E-state index is 13.4. The molecule has 1 N–H and O–H groups in total. The van der Waals surface area contributed by atoms with Crippen LogP contribution in [-0.4, -0.2) is 24.2 Å². The fourth-order valence-corrected chi connectivity index (χ4v) is 1.45. The average Bonchev–Trinajstić information content (AvgIpc) is 2.27. The van der Waals surface area contributed by atoms with Crippen molar-refractivity contribution in [3.63, 3.8) is 0 Å². The van der Waals surface area contributed by atoms with Crippen LogP contribution in [-0.2, 0) is 4.79 Å².